The fourth-order valence-corrected chi connectivity index (χ4v) is 5.07. The molecular formula is C32H28FN5. The largest absolute Gasteiger partial charge is 0.354 e. The Hall–Kier alpha value is -4.42. The van der Waals surface area contributed by atoms with Crippen LogP contribution in [0, 0.1) is 5.82 Å². The van der Waals surface area contributed by atoms with Crippen LogP contribution in [-0.2, 0) is 0 Å². The van der Waals surface area contributed by atoms with Gasteiger partial charge in [-0.15, -0.1) is 0 Å². The van der Waals surface area contributed by atoms with Crippen molar-refractivity contribution in [2.45, 2.75) is 6.04 Å². The van der Waals surface area contributed by atoms with E-state index in [9.17, 15) is 4.39 Å². The van der Waals surface area contributed by atoms with E-state index in [0.29, 0.717) is 11.5 Å². The third-order valence-corrected chi connectivity index (χ3v) is 6.98. The molecule has 0 bridgehead atoms. The fourth-order valence-electron chi connectivity index (χ4n) is 5.07. The molecule has 6 rings (SSSR count). The maximum atomic E-state index is 13.6. The molecule has 1 saturated heterocycles. The first kappa shape index (κ1) is 23.9. The molecule has 1 fully saturated rings. The van der Waals surface area contributed by atoms with Crippen molar-refractivity contribution in [3.05, 3.63) is 132 Å². The third-order valence-electron chi connectivity index (χ3n) is 6.98. The van der Waals surface area contributed by atoms with Crippen LogP contribution in [0.4, 0.5) is 10.2 Å². The molecule has 0 unspecified atom stereocenters. The number of halogens is 1. The number of nitrogens with zero attached hydrogens (tertiary/aromatic N) is 5. The lowest BCUT2D eigenvalue weighted by Gasteiger charge is -2.40. The number of anilines is 1. The van der Waals surface area contributed by atoms with Crippen LogP contribution in [0.15, 0.2) is 115 Å². The molecule has 3 heterocycles. The molecule has 38 heavy (non-hydrogen) atoms. The quantitative estimate of drug-likeness (QED) is 0.275. The van der Waals surface area contributed by atoms with Crippen molar-refractivity contribution in [3.8, 4) is 22.8 Å². The van der Waals surface area contributed by atoms with Gasteiger partial charge in [0.05, 0.1) is 11.7 Å². The van der Waals surface area contributed by atoms with Crippen LogP contribution in [0.5, 0.6) is 0 Å². The number of hydrogen-bond acceptors (Lipinski definition) is 5. The lowest BCUT2D eigenvalue weighted by atomic mass is 9.96. The van der Waals surface area contributed by atoms with Gasteiger partial charge in [0.15, 0.2) is 5.82 Å². The summed E-state index contributed by atoms with van der Waals surface area (Å²) >= 11 is 0. The Labute approximate surface area is 222 Å². The second-order valence-corrected chi connectivity index (χ2v) is 9.40. The van der Waals surface area contributed by atoms with Crippen LogP contribution < -0.4 is 4.90 Å². The van der Waals surface area contributed by atoms with Gasteiger partial charge in [-0.05, 0) is 47.5 Å². The van der Waals surface area contributed by atoms with E-state index in [1.54, 1.807) is 18.3 Å². The topological polar surface area (TPSA) is 45.2 Å². The maximum Gasteiger partial charge on any atom is 0.180 e. The number of benzene rings is 3. The molecular weight excluding hydrogens is 473 g/mol. The van der Waals surface area contributed by atoms with Gasteiger partial charge in [0.25, 0.3) is 0 Å². The molecule has 6 heteroatoms. The number of hydrogen-bond donors (Lipinski definition) is 0. The average Bonchev–Trinajstić information content (AvgIpc) is 2.99. The Morgan fingerprint density at radius 2 is 1.26 bits per heavy atom. The first-order valence-electron chi connectivity index (χ1n) is 12.9. The number of piperazine rings is 1. The van der Waals surface area contributed by atoms with Crippen LogP contribution in [0.3, 0.4) is 0 Å². The first-order valence-corrected chi connectivity index (χ1v) is 12.9. The summed E-state index contributed by atoms with van der Waals surface area (Å²) in [6.45, 7) is 3.45. The van der Waals surface area contributed by atoms with E-state index in [1.807, 2.05) is 24.3 Å². The summed E-state index contributed by atoms with van der Waals surface area (Å²) < 4.78 is 13.6. The molecule has 0 N–H and O–H groups in total. The minimum absolute atomic E-state index is 0.198. The summed E-state index contributed by atoms with van der Waals surface area (Å²) in [5, 5.41) is 0. The van der Waals surface area contributed by atoms with E-state index in [2.05, 4.69) is 75.4 Å². The van der Waals surface area contributed by atoms with E-state index in [0.717, 1.165) is 43.3 Å². The van der Waals surface area contributed by atoms with Crippen molar-refractivity contribution in [1.82, 2.24) is 19.9 Å². The third kappa shape index (κ3) is 5.17. The Morgan fingerprint density at radius 1 is 0.632 bits per heavy atom. The van der Waals surface area contributed by atoms with Gasteiger partial charge < -0.3 is 4.90 Å². The average molecular weight is 502 g/mol. The highest BCUT2D eigenvalue weighted by Crippen LogP contribution is 2.31. The molecule has 2 aromatic heterocycles. The van der Waals surface area contributed by atoms with Gasteiger partial charge in [0.2, 0.25) is 0 Å². The smallest absolute Gasteiger partial charge is 0.180 e. The van der Waals surface area contributed by atoms with E-state index in [4.69, 9.17) is 9.97 Å². The Balaban J connectivity index is 1.30. The van der Waals surface area contributed by atoms with Crippen LogP contribution >= 0.6 is 0 Å². The van der Waals surface area contributed by atoms with Gasteiger partial charge in [-0.1, -0.05) is 66.7 Å². The molecule has 0 amide bonds. The summed E-state index contributed by atoms with van der Waals surface area (Å²) in [6, 6.07) is 35.8. The maximum absolute atomic E-state index is 13.6. The van der Waals surface area contributed by atoms with E-state index >= 15 is 0 Å². The minimum atomic E-state index is -0.268. The Kier molecular flexibility index (Phi) is 6.87. The molecule has 1 aliphatic rings. The lowest BCUT2D eigenvalue weighted by molar-refractivity contribution is 0.212. The van der Waals surface area contributed by atoms with Gasteiger partial charge in [-0.2, -0.15) is 0 Å². The number of rotatable bonds is 6. The van der Waals surface area contributed by atoms with Crippen LogP contribution in [0.1, 0.15) is 17.2 Å². The van der Waals surface area contributed by atoms with Crippen molar-refractivity contribution in [2.24, 2.45) is 0 Å². The van der Waals surface area contributed by atoms with Gasteiger partial charge >= 0.3 is 0 Å². The van der Waals surface area contributed by atoms with E-state index in [1.165, 1.54) is 23.3 Å². The highest BCUT2D eigenvalue weighted by atomic mass is 19.1. The second kappa shape index (κ2) is 10.9. The molecule has 3 aromatic carbocycles. The van der Waals surface area contributed by atoms with Crippen LogP contribution in [-0.4, -0.2) is 46.0 Å². The number of aromatic nitrogens is 3. The summed E-state index contributed by atoms with van der Waals surface area (Å²) in [6.07, 6.45) is 1.75. The molecule has 0 spiro atoms. The van der Waals surface area contributed by atoms with Gasteiger partial charge in [0.1, 0.15) is 17.3 Å². The van der Waals surface area contributed by atoms with Crippen molar-refractivity contribution >= 4 is 5.82 Å². The van der Waals surface area contributed by atoms with Crippen molar-refractivity contribution in [1.29, 1.82) is 0 Å². The van der Waals surface area contributed by atoms with Crippen LogP contribution in [0.2, 0.25) is 0 Å². The molecule has 0 radical (unpaired) electrons. The fraction of sp³-hybridized carbons (Fsp3) is 0.156. The molecule has 5 nitrogen and oxygen atoms in total. The summed E-state index contributed by atoms with van der Waals surface area (Å²) in [7, 11) is 0. The van der Waals surface area contributed by atoms with Gasteiger partial charge in [0, 0.05) is 44.0 Å². The monoisotopic (exact) mass is 501 g/mol. The van der Waals surface area contributed by atoms with Gasteiger partial charge in [-0.3, -0.25) is 9.88 Å². The standard InChI is InChI=1S/C32H28FN5/c33-27-16-14-24(15-17-27)29-23-30(36-32(35-29)28-13-7-8-18-34-28)37-19-21-38(22-20-37)31(25-9-3-1-4-10-25)26-11-5-2-6-12-26/h1-18,23,31H,19-22H2. The highest BCUT2D eigenvalue weighted by Gasteiger charge is 2.27. The Bertz CT molecular complexity index is 1430. The molecule has 0 saturated carbocycles. The minimum Gasteiger partial charge on any atom is -0.354 e. The van der Waals surface area contributed by atoms with E-state index < -0.39 is 0 Å². The lowest BCUT2D eigenvalue weighted by Crippen LogP contribution is -2.48. The molecule has 0 atom stereocenters. The summed E-state index contributed by atoms with van der Waals surface area (Å²) in [5.74, 6) is 1.15. The summed E-state index contributed by atoms with van der Waals surface area (Å²) in [4.78, 5) is 19.0. The zero-order valence-electron chi connectivity index (χ0n) is 21.0. The molecule has 1 aliphatic heterocycles. The predicted molar refractivity (Wildman–Crippen MR) is 149 cm³/mol. The summed E-state index contributed by atoms with van der Waals surface area (Å²) in [5.41, 5.74) is 4.91. The first-order chi connectivity index (χ1) is 18.7. The van der Waals surface area contributed by atoms with Crippen molar-refractivity contribution in [2.75, 3.05) is 31.1 Å². The second-order valence-electron chi connectivity index (χ2n) is 9.40. The normalized spacial score (nSPS) is 14.1. The Morgan fingerprint density at radius 3 is 1.87 bits per heavy atom. The zero-order chi connectivity index (χ0) is 25.7. The highest BCUT2D eigenvalue weighted by molar-refractivity contribution is 5.67. The molecule has 0 aliphatic carbocycles. The van der Waals surface area contributed by atoms with E-state index in [-0.39, 0.29) is 11.9 Å². The zero-order valence-corrected chi connectivity index (χ0v) is 21.0. The molecule has 188 valence electrons. The molecule has 5 aromatic rings. The van der Waals surface area contributed by atoms with Gasteiger partial charge in [-0.25, -0.2) is 14.4 Å². The SMILES string of the molecule is Fc1ccc(-c2cc(N3CCN(C(c4ccccc4)c4ccccc4)CC3)nc(-c3ccccn3)n2)cc1. The van der Waals surface area contributed by atoms with Crippen molar-refractivity contribution < 1.29 is 4.39 Å². The van der Waals surface area contributed by atoms with Crippen LogP contribution in [0.25, 0.3) is 22.8 Å². The van der Waals surface area contributed by atoms with Crippen molar-refractivity contribution in [3.63, 3.8) is 0 Å². The number of pyridine rings is 1. The predicted octanol–water partition coefficient (Wildman–Crippen LogP) is 6.26.